The van der Waals surface area contributed by atoms with Gasteiger partial charge in [0.1, 0.15) is 25.1 Å². The summed E-state index contributed by atoms with van der Waals surface area (Å²) in [6, 6.07) is 5.70. The molecule has 0 spiro atoms. The number of carbonyl (C=O) groups is 1. The molecule has 2 amide bonds. The molecule has 2 aliphatic rings. The first-order valence-electron chi connectivity index (χ1n) is 13.4. The monoisotopic (exact) mass is 519 g/mol. The van der Waals surface area contributed by atoms with E-state index >= 15 is 0 Å². The maximum absolute atomic E-state index is 13.4. The van der Waals surface area contributed by atoms with Gasteiger partial charge in [0.2, 0.25) is 5.88 Å². The Morgan fingerprint density at radius 3 is 2.50 bits per heavy atom. The highest BCUT2D eigenvalue weighted by atomic mass is 16.5. The van der Waals surface area contributed by atoms with E-state index in [4.69, 9.17) is 9.47 Å². The van der Waals surface area contributed by atoms with Gasteiger partial charge in [0.05, 0.1) is 18.5 Å². The average molecular weight is 520 g/mol. The number of urea groups is 1. The molecule has 0 radical (unpaired) electrons. The second-order valence-corrected chi connectivity index (χ2v) is 11.3. The summed E-state index contributed by atoms with van der Waals surface area (Å²) in [6.07, 6.45) is 12.8. The summed E-state index contributed by atoms with van der Waals surface area (Å²) < 4.78 is 13.9. The molecule has 2 fully saturated rings. The van der Waals surface area contributed by atoms with Crippen molar-refractivity contribution in [3.63, 3.8) is 0 Å². The van der Waals surface area contributed by atoms with Crippen LogP contribution in [0, 0.1) is 11.8 Å². The highest BCUT2D eigenvalue weighted by Crippen LogP contribution is 2.42. The minimum Gasteiger partial charge on any atom is -0.492 e. The summed E-state index contributed by atoms with van der Waals surface area (Å²) in [6.45, 7) is 6.42. The smallest absolute Gasteiger partial charge is 0.319 e. The number of amides is 2. The van der Waals surface area contributed by atoms with Gasteiger partial charge in [-0.05, 0) is 54.7 Å². The van der Waals surface area contributed by atoms with E-state index in [2.05, 4.69) is 57.6 Å². The van der Waals surface area contributed by atoms with Crippen LogP contribution in [0.1, 0.15) is 64.9 Å². The molecule has 4 unspecified atom stereocenters. The van der Waals surface area contributed by atoms with Gasteiger partial charge in [-0.15, -0.1) is 10.2 Å². The van der Waals surface area contributed by atoms with Gasteiger partial charge >= 0.3 is 6.03 Å². The first kappa shape index (κ1) is 25.9. The summed E-state index contributed by atoms with van der Waals surface area (Å²) in [5.74, 6) is 1.93. The van der Waals surface area contributed by atoms with E-state index < -0.39 is 0 Å². The summed E-state index contributed by atoms with van der Waals surface area (Å²) >= 11 is 0. The van der Waals surface area contributed by atoms with Gasteiger partial charge in [-0.2, -0.15) is 0 Å². The number of nitrogens with zero attached hydrogens (tertiary/aromatic N) is 5. The van der Waals surface area contributed by atoms with Crippen LogP contribution in [0.2, 0.25) is 0 Å². The Labute approximate surface area is 223 Å². The molecule has 0 bridgehead atoms. The molecule has 202 valence electrons. The third kappa shape index (κ3) is 5.58. The molecule has 3 aromatic rings. The lowest BCUT2D eigenvalue weighted by molar-refractivity contribution is 0.00854. The fourth-order valence-electron chi connectivity index (χ4n) is 5.95. The van der Waals surface area contributed by atoms with Crippen LogP contribution in [0.15, 0.2) is 43.4 Å². The molecule has 2 aliphatic carbocycles. The van der Waals surface area contributed by atoms with Gasteiger partial charge in [0.25, 0.3) is 0 Å². The predicted molar refractivity (Wildman–Crippen MR) is 144 cm³/mol. The molecule has 5 rings (SSSR count). The Bertz CT molecular complexity index is 1230. The number of hydrogen-bond acceptors (Lipinski definition) is 7. The molecular formula is C28H37N7O3. The van der Waals surface area contributed by atoms with Crippen molar-refractivity contribution in [2.75, 3.05) is 12.4 Å². The molecule has 4 atom stereocenters. The molecule has 38 heavy (non-hydrogen) atoms. The van der Waals surface area contributed by atoms with Crippen molar-refractivity contribution in [2.45, 2.75) is 76.9 Å². The molecule has 2 heterocycles. The first-order valence-corrected chi connectivity index (χ1v) is 13.4. The highest BCUT2D eigenvalue weighted by Gasteiger charge is 2.42. The number of rotatable bonds is 6. The van der Waals surface area contributed by atoms with Crippen LogP contribution in [0.4, 0.5) is 10.5 Å². The molecule has 0 saturated heterocycles. The van der Waals surface area contributed by atoms with E-state index in [0.717, 1.165) is 36.9 Å². The Morgan fingerprint density at radius 1 is 1.05 bits per heavy atom. The largest absolute Gasteiger partial charge is 0.492 e. The van der Waals surface area contributed by atoms with Crippen LogP contribution in [0.5, 0.6) is 11.6 Å². The lowest BCUT2D eigenvalue weighted by Crippen LogP contribution is -2.52. The van der Waals surface area contributed by atoms with Crippen molar-refractivity contribution in [3.05, 3.63) is 48.9 Å². The molecule has 0 aliphatic heterocycles. The number of anilines is 1. The van der Waals surface area contributed by atoms with Gasteiger partial charge in [-0.3, -0.25) is 4.57 Å². The van der Waals surface area contributed by atoms with Crippen molar-refractivity contribution in [1.82, 2.24) is 30.0 Å². The number of benzene rings is 1. The van der Waals surface area contributed by atoms with Crippen molar-refractivity contribution in [1.29, 1.82) is 0 Å². The quantitative estimate of drug-likeness (QED) is 0.476. The minimum atomic E-state index is -0.228. The number of aromatic nitrogens is 5. The maximum atomic E-state index is 13.4. The van der Waals surface area contributed by atoms with E-state index in [1.807, 2.05) is 12.1 Å². The molecular weight excluding hydrogens is 482 g/mol. The van der Waals surface area contributed by atoms with Gasteiger partial charge < -0.3 is 20.1 Å². The zero-order chi connectivity index (χ0) is 26.7. The number of fused-ring (bicyclic) bond motifs is 1. The topological polar surface area (TPSA) is 116 Å². The summed E-state index contributed by atoms with van der Waals surface area (Å²) in [4.78, 5) is 21.6. The lowest BCUT2D eigenvalue weighted by Gasteiger charge is -2.45. The Kier molecular flexibility index (Phi) is 7.49. The second-order valence-electron chi connectivity index (χ2n) is 11.3. The Morgan fingerprint density at radius 2 is 1.82 bits per heavy atom. The van der Waals surface area contributed by atoms with Crippen LogP contribution in [-0.4, -0.2) is 50.0 Å². The number of ether oxygens (including phenoxy) is 2. The second kappa shape index (κ2) is 11.0. The van der Waals surface area contributed by atoms with E-state index in [-0.39, 0.29) is 23.6 Å². The number of hydrogen-bond donors (Lipinski definition) is 2. The molecule has 10 heteroatoms. The van der Waals surface area contributed by atoms with E-state index in [0.29, 0.717) is 29.2 Å². The normalized spacial score (nSPS) is 23.3. The van der Waals surface area contributed by atoms with Gasteiger partial charge in [-0.25, -0.2) is 14.8 Å². The van der Waals surface area contributed by atoms with Crippen molar-refractivity contribution < 1.29 is 14.3 Å². The average Bonchev–Trinajstić information content (AvgIpc) is 3.45. The third-order valence-electron chi connectivity index (χ3n) is 7.86. The van der Waals surface area contributed by atoms with Crippen molar-refractivity contribution >= 4 is 11.7 Å². The highest BCUT2D eigenvalue weighted by molar-refractivity contribution is 5.92. The zero-order valence-electron chi connectivity index (χ0n) is 22.6. The van der Waals surface area contributed by atoms with Crippen molar-refractivity contribution in [2.24, 2.45) is 11.8 Å². The predicted octanol–water partition coefficient (Wildman–Crippen LogP) is 4.90. The SMILES string of the molecule is COc1c(NC(=O)NC2CCC(Oc3ccncn3)C3CCCCC23)cc(C(C)(C)C)cc1-n1cnnc1. The van der Waals surface area contributed by atoms with Gasteiger partial charge in [0.15, 0.2) is 5.75 Å². The molecule has 2 aromatic heterocycles. The van der Waals surface area contributed by atoms with Crippen LogP contribution < -0.4 is 20.1 Å². The molecule has 2 N–H and O–H groups in total. The van der Waals surface area contributed by atoms with Gasteiger partial charge in [0, 0.05) is 24.2 Å². The fraction of sp³-hybridized carbons (Fsp3) is 0.536. The standard InChI is InChI=1S/C28H37N7O3/c1-28(2,3)18-13-22(26(37-4)23(14-18)35-16-31-32-17-35)34-27(36)33-21-9-10-24(20-8-6-5-7-19(20)21)38-25-11-12-29-15-30-25/h11-17,19-21,24H,5-10H2,1-4H3,(H2,33,34,36). The molecule has 10 nitrogen and oxygen atoms in total. The third-order valence-corrected chi connectivity index (χ3v) is 7.86. The minimum absolute atomic E-state index is 0.0830. The Hall–Kier alpha value is -3.69. The van der Waals surface area contributed by atoms with E-state index in [1.54, 1.807) is 30.5 Å². The van der Waals surface area contributed by atoms with Crippen LogP contribution in [0.3, 0.4) is 0 Å². The maximum Gasteiger partial charge on any atom is 0.319 e. The summed E-state index contributed by atoms with van der Waals surface area (Å²) in [7, 11) is 1.61. The van der Waals surface area contributed by atoms with Crippen LogP contribution in [0.25, 0.3) is 5.69 Å². The first-order chi connectivity index (χ1) is 18.3. The zero-order valence-corrected chi connectivity index (χ0v) is 22.6. The van der Waals surface area contributed by atoms with Gasteiger partial charge in [-0.1, -0.05) is 33.6 Å². The molecule has 2 saturated carbocycles. The lowest BCUT2D eigenvalue weighted by atomic mass is 9.67. The summed E-state index contributed by atoms with van der Waals surface area (Å²) in [5, 5.41) is 14.3. The summed E-state index contributed by atoms with van der Waals surface area (Å²) in [5.41, 5.74) is 2.31. The number of carbonyl (C=O) groups excluding carboxylic acids is 1. The molecule has 1 aromatic carbocycles. The van der Waals surface area contributed by atoms with Crippen LogP contribution >= 0.6 is 0 Å². The van der Waals surface area contributed by atoms with Crippen molar-refractivity contribution in [3.8, 4) is 17.3 Å². The number of methoxy groups -OCH3 is 1. The van der Waals surface area contributed by atoms with Crippen LogP contribution in [-0.2, 0) is 5.41 Å². The Balaban J connectivity index is 1.34. The number of nitrogens with one attached hydrogen (secondary N) is 2. The fourth-order valence-corrected chi connectivity index (χ4v) is 5.95. The van der Waals surface area contributed by atoms with E-state index in [1.165, 1.54) is 19.2 Å². The van der Waals surface area contributed by atoms with E-state index in [9.17, 15) is 4.79 Å².